The number of anilines is 3. The predicted octanol–water partition coefficient (Wildman–Crippen LogP) is 14.7. The van der Waals surface area contributed by atoms with Crippen molar-refractivity contribution in [3.05, 3.63) is 162 Å². The fourth-order valence-corrected chi connectivity index (χ4v) is 11.0. The molecule has 0 N–H and O–H groups in total. The summed E-state index contributed by atoms with van der Waals surface area (Å²) in [6.07, 6.45) is 12.2. The van der Waals surface area contributed by atoms with Gasteiger partial charge in [-0.3, -0.25) is 0 Å². The summed E-state index contributed by atoms with van der Waals surface area (Å²) in [7, 11) is 0. The molecule has 0 aliphatic heterocycles. The van der Waals surface area contributed by atoms with Crippen molar-refractivity contribution in [3.8, 4) is 33.4 Å². The van der Waals surface area contributed by atoms with Gasteiger partial charge in [0, 0.05) is 22.4 Å². The van der Waals surface area contributed by atoms with Crippen molar-refractivity contribution in [2.75, 3.05) is 4.90 Å². The highest BCUT2D eigenvalue weighted by molar-refractivity contribution is 5.96. The Balaban J connectivity index is 1.18. The van der Waals surface area contributed by atoms with E-state index in [1.165, 1.54) is 125 Å². The minimum Gasteiger partial charge on any atom is -0.310 e. The Labute approximate surface area is 316 Å². The van der Waals surface area contributed by atoms with Crippen molar-refractivity contribution in [2.45, 2.75) is 88.9 Å². The van der Waals surface area contributed by atoms with Gasteiger partial charge in [0.05, 0.1) is 5.69 Å². The highest BCUT2D eigenvalue weighted by Crippen LogP contribution is 2.56. The molecule has 3 fully saturated rings. The first-order valence-electron chi connectivity index (χ1n) is 20.5. The summed E-state index contributed by atoms with van der Waals surface area (Å²) in [5.41, 5.74) is 17.4. The van der Waals surface area contributed by atoms with Crippen molar-refractivity contribution in [3.63, 3.8) is 0 Å². The van der Waals surface area contributed by atoms with Gasteiger partial charge in [-0.15, -0.1) is 0 Å². The maximum atomic E-state index is 2.64. The zero-order valence-corrected chi connectivity index (χ0v) is 31.4. The van der Waals surface area contributed by atoms with E-state index in [4.69, 9.17) is 0 Å². The lowest BCUT2D eigenvalue weighted by atomic mass is 9.81. The topological polar surface area (TPSA) is 3.24 Å². The van der Waals surface area contributed by atoms with Crippen molar-refractivity contribution < 1.29 is 0 Å². The molecule has 0 spiro atoms. The lowest BCUT2D eigenvalue weighted by Gasteiger charge is -2.34. The number of hydrogen-bond donors (Lipinski definition) is 0. The normalized spacial score (nSPS) is 21.4. The van der Waals surface area contributed by atoms with Crippen LogP contribution >= 0.6 is 0 Å². The molecule has 0 heterocycles. The van der Waals surface area contributed by atoms with Gasteiger partial charge in [-0.25, -0.2) is 0 Å². The number of rotatable bonds is 7. The Hall–Kier alpha value is -4.88. The molecular formula is C52H51N. The summed E-state index contributed by atoms with van der Waals surface area (Å²) < 4.78 is 0. The Morgan fingerprint density at radius 1 is 0.509 bits per heavy atom. The second-order valence-electron chi connectivity index (χ2n) is 17.1. The van der Waals surface area contributed by atoms with Crippen molar-refractivity contribution in [1.82, 2.24) is 0 Å². The van der Waals surface area contributed by atoms with Gasteiger partial charge >= 0.3 is 0 Å². The molecule has 3 atom stereocenters. The Morgan fingerprint density at radius 3 is 1.92 bits per heavy atom. The lowest BCUT2D eigenvalue weighted by Crippen LogP contribution is -2.19. The average Bonchev–Trinajstić information content (AvgIpc) is 3.92. The van der Waals surface area contributed by atoms with Gasteiger partial charge in [-0.2, -0.15) is 0 Å². The molecule has 6 aromatic carbocycles. The van der Waals surface area contributed by atoms with E-state index in [0.29, 0.717) is 5.92 Å². The standard InChI is InChI=1S/C52H51N/c1-52(2)48-29-26-40(36-14-6-3-7-15-36)32-46(48)47-33-45(38-18-10-5-11-19-38)51(34-49(47)52)53(50-21-13-12-20-43(50)37-16-8-4-9-17-37)42-27-24-39(25-28-42)44-31-35-22-23-41(44)30-35/h3,5-7,10-15,18-21,24-29,32-35,37,41,44H,4,8-9,16-17,22-23,30-31H2,1-2H3. The molecule has 0 amide bonds. The monoisotopic (exact) mass is 689 g/mol. The van der Waals surface area contributed by atoms with E-state index < -0.39 is 0 Å². The van der Waals surface area contributed by atoms with Crippen LogP contribution in [-0.4, -0.2) is 0 Å². The summed E-state index contributed by atoms with van der Waals surface area (Å²) in [4.78, 5) is 2.64. The van der Waals surface area contributed by atoms with Gasteiger partial charge < -0.3 is 4.90 Å². The SMILES string of the molecule is CC1(C)c2ccc(-c3ccccc3)cc2-c2cc(-c3ccccc3)c(N(c3ccc(C4CC5CCC4C5)cc3)c3ccccc3C3CCCCC3)cc21. The van der Waals surface area contributed by atoms with Crippen molar-refractivity contribution in [2.24, 2.45) is 11.8 Å². The Bertz CT molecular complexity index is 2260. The third kappa shape index (κ3) is 5.67. The Kier molecular flexibility index (Phi) is 8.16. The fraction of sp³-hybridized carbons (Fsp3) is 0.308. The quantitative estimate of drug-likeness (QED) is 0.161. The molecule has 6 aromatic rings. The summed E-state index contributed by atoms with van der Waals surface area (Å²) in [6.45, 7) is 4.85. The van der Waals surface area contributed by atoms with E-state index in [-0.39, 0.29) is 5.41 Å². The average molecular weight is 690 g/mol. The Morgan fingerprint density at radius 2 is 1.21 bits per heavy atom. The summed E-state index contributed by atoms with van der Waals surface area (Å²) >= 11 is 0. The second kappa shape index (κ2) is 13.2. The number of nitrogens with zero attached hydrogens (tertiary/aromatic N) is 1. The third-order valence-corrected chi connectivity index (χ3v) is 13.8. The van der Waals surface area contributed by atoms with E-state index in [1.807, 2.05) is 0 Å². The number of fused-ring (bicyclic) bond motifs is 5. The van der Waals surface area contributed by atoms with Crippen LogP contribution in [-0.2, 0) is 5.41 Å². The van der Waals surface area contributed by atoms with Crippen LogP contribution in [0.1, 0.15) is 106 Å². The minimum atomic E-state index is -0.135. The molecule has 3 saturated carbocycles. The van der Waals surface area contributed by atoms with Gasteiger partial charge in [0.15, 0.2) is 0 Å². The minimum absolute atomic E-state index is 0.135. The molecule has 4 aliphatic carbocycles. The first-order chi connectivity index (χ1) is 26.0. The van der Waals surface area contributed by atoms with E-state index in [9.17, 15) is 0 Å². The van der Waals surface area contributed by atoms with Crippen molar-refractivity contribution in [1.29, 1.82) is 0 Å². The van der Waals surface area contributed by atoms with Gasteiger partial charge in [-0.1, -0.05) is 143 Å². The molecule has 0 radical (unpaired) electrons. The molecule has 4 aliphatic rings. The maximum Gasteiger partial charge on any atom is 0.0543 e. The predicted molar refractivity (Wildman–Crippen MR) is 224 cm³/mol. The fourth-order valence-electron chi connectivity index (χ4n) is 11.0. The van der Waals surface area contributed by atoms with Crippen LogP contribution < -0.4 is 4.90 Å². The molecule has 10 rings (SSSR count). The van der Waals surface area contributed by atoms with Gasteiger partial charge in [0.1, 0.15) is 0 Å². The molecule has 1 heteroatoms. The molecule has 0 saturated heterocycles. The molecule has 3 unspecified atom stereocenters. The maximum absolute atomic E-state index is 2.64. The molecule has 1 nitrogen and oxygen atoms in total. The largest absolute Gasteiger partial charge is 0.310 e. The smallest absolute Gasteiger partial charge is 0.0543 e. The van der Waals surface area contributed by atoms with E-state index in [2.05, 4.69) is 158 Å². The summed E-state index contributed by atoms with van der Waals surface area (Å²) in [5, 5.41) is 0. The highest BCUT2D eigenvalue weighted by atomic mass is 15.1. The van der Waals surface area contributed by atoms with E-state index >= 15 is 0 Å². The molecule has 53 heavy (non-hydrogen) atoms. The van der Waals surface area contributed by atoms with E-state index in [1.54, 1.807) is 5.56 Å². The summed E-state index contributed by atoms with van der Waals surface area (Å²) in [5.74, 6) is 3.13. The number of para-hydroxylation sites is 1. The number of benzene rings is 6. The molecule has 0 aromatic heterocycles. The molecule has 2 bridgehead atoms. The number of hydrogen-bond acceptors (Lipinski definition) is 1. The zero-order valence-electron chi connectivity index (χ0n) is 31.4. The van der Waals surface area contributed by atoms with Gasteiger partial charge in [-0.05, 0) is 142 Å². The van der Waals surface area contributed by atoms with Gasteiger partial charge in [0.25, 0.3) is 0 Å². The first-order valence-corrected chi connectivity index (χ1v) is 20.5. The van der Waals surface area contributed by atoms with Crippen LogP contribution in [0.5, 0.6) is 0 Å². The van der Waals surface area contributed by atoms with Crippen LogP contribution in [0.15, 0.2) is 140 Å². The van der Waals surface area contributed by atoms with Crippen LogP contribution in [0.3, 0.4) is 0 Å². The second-order valence-corrected chi connectivity index (χ2v) is 17.1. The third-order valence-electron chi connectivity index (χ3n) is 13.8. The lowest BCUT2D eigenvalue weighted by molar-refractivity contribution is 0.420. The first kappa shape index (κ1) is 32.7. The van der Waals surface area contributed by atoms with Crippen LogP contribution in [0.4, 0.5) is 17.1 Å². The van der Waals surface area contributed by atoms with Crippen LogP contribution in [0, 0.1) is 11.8 Å². The van der Waals surface area contributed by atoms with Gasteiger partial charge in [0.2, 0.25) is 0 Å². The molecule has 264 valence electrons. The van der Waals surface area contributed by atoms with Crippen LogP contribution in [0.2, 0.25) is 0 Å². The highest BCUT2D eigenvalue weighted by Gasteiger charge is 2.41. The van der Waals surface area contributed by atoms with Crippen molar-refractivity contribution >= 4 is 17.1 Å². The van der Waals surface area contributed by atoms with E-state index in [0.717, 1.165) is 17.8 Å². The van der Waals surface area contributed by atoms with Crippen LogP contribution in [0.25, 0.3) is 33.4 Å². The summed E-state index contributed by atoms with van der Waals surface area (Å²) in [6, 6.07) is 53.5. The molecular weight excluding hydrogens is 639 g/mol. The zero-order chi connectivity index (χ0) is 35.5.